The maximum atomic E-state index is 13.6. The van der Waals surface area contributed by atoms with Crippen LogP contribution in [0.15, 0.2) is 30.3 Å². The zero-order chi connectivity index (χ0) is 14.7. The fourth-order valence-electron chi connectivity index (χ4n) is 2.13. The van der Waals surface area contributed by atoms with E-state index in [0.29, 0.717) is 28.9 Å². The van der Waals surface area contributed by atoms with Gasteiger partial charge < -0.3 is 11.1 Å². The van der Waals surface area contributed by atoms with Gasteiger partial charge in [0.05, 0.1) is 23.0 Å². The summed E-state index contributed by atoms with van der Waals surface area (Å²) in [7, 11) is 0. The summed E-state index contributed by atoms with van der Waals surface area (Å²) in [6.45, 7) is 4.06. The number of nitrogens with one attached hydrogen (secondary N) is 1. The van der Waals surface area contributed by atoms with Crippen LogP contribution in [0.5, 0.6) is 0 Å². The summed E-state index contributed by atoms with van der Waals surface area (Å²) in [5.74, 6) is -0.161. The number of nitriles is 1. The summed E-state index contributed by atoms with van der Waals surface area (Å²) in [4.78, 5) is 0. The molecule has 3 nitrogen and oxygen atoms in total. The predicted octanol–water partition coefficient (Wildman–Crippen LogP) is 3.51. The zero-order valence-corrected chi connectivity index (χ0v) is 11.5. The van der Waals surface area contributed by atoms with E-state index in [2.05, 4.69) is 5.32 Å². The van der Waals surface area contributed by atoms with Gasteiger partial charge in [0.1, 0.15) is 5.82 Å². The quantitative estimate of drug-likeness (QED) is 0.838. The molecule has 0 aliphatic heterocycles. The van der Waals surface area contributed by atoms with Gasteiger partial charge in [-0.15, -0.1) is 0 Å². The summed E-state index contributed by atoms with van der Waals surface area (Å²) in [5, 5.41) is 12.0. The Hall–Kier alpha value is -2.54. The molecule has 0 unspecified atom stereocenters. The van der Waals surface area contributed by atoms with Crippen LogP contribution in [-0.4, -0.2) is 0 Å². The van der Waals surface area contributed by atoms with Gasteiger partial charge in [-0.2, -0.15) is 5.26 Å². The normalized spacial score (nSPS) is 10.1. The van der Waals surface area contributed by atoms with Crippen molar-refractivity contribution in [3.8, 4) is 6.07 Å². The lowest BCUT2D eigenvalue weighted by molar-refractivity contribution is 0.608. The molecule has 0 radical (unpaired) electrons. The number of rotatable bonds is 3. The van der Waals surface area contributed by atoms with Crippen molar-refractivity contribution in [3.05, 3.63) is 58.4 Å². The lowest BCUT2D eigenvalue weighted by Gasteiger charge is -2.11. The highest BCUT2D eigenvalue weighted by Crippen LogP contribution is 2.21. The molecule has 4 heteroatoms. The average molecular weight is 269 g/mol. The first kappa shape index (κ1) is 13.9. The van der Waals surface area contributed by atoms with Crippen LogP contribution in [0, 0.1) is 31.0 Å². The van der Waals surface area contributed by atoms with Crippen LogP contribution in [0.2, 0.25) is 0 Å². The van der Waals surface area contributed by atoms with Gasteiger partial charge in [0.25, 0.3) is 0 Å². The van der Waals surface area contributed by atoms with Crippen LogP contribution in [0.25, 0.3) is 0 Å². The number of aryl methyl sites for hydroxylation is 2. The number of nitrogens with zero attached hydrogens (tertiary/aromatic N) is 1. The van der Waals surface area contributed by atoms with Crippen molar-refractivity contribution < 1.29 is 4.39 Å². The second-order valence-electron chi connectivity index (χ2n) is 4.81. The molecule has 3 N–H and O–H groups in total. The fourth-order valence-corrected chi connectivity index (χ4v) is 2.13. The Balaban J connectivity index is 2.15. The molecule has 0 spiro atoms. The van der Waals surface area contributed by atoms with Crippen LogP contribution in [-0.2, 0) is 6.54 Å². The minimum atomic E-state index is -0.161. The Kier molecular flexibility index (Phi) is 3.90. The van der Waals surface area contributed by atoms with E-state index in [4.69, 9.17) is 11.0 Å². The van der Waals surface area contributed by atoms with Crippen LogP contribution in [0.3, 0.4) is 0 Å². The van der Waals surface area contributed by atoms with Crippen molar-refractivity contribution >= 4 is 11.4 Å². The third-order valence-electron chi connectivity index (χ3n) is 3.16. The van der Waals surface area contributed by atoms with E-state index in [1.807, 2.05) is 18.2 Å². The molecule has 2 aromatic rings. The molecule has 0 aliphatic carbocycles. The third kappa shape index (κ3) is 2.89. The molecule has 102 valence electrons. The first-order chi connectivity index (χ1) is 9.51. The smallest absolute Gasteiger partial charge is 0.129 e. The van der Waals surface area contributed by atoms with Gasteiger partial charge in [-0.25, -0.2) is 4.39 Å². The van der Waals surface area contributed by atoms with E-state index in [1.165, 1.54) is 0 Å². The number of halogens is 1. The summed E-state index contributed by atoms with van der Waals surface area (Å²) in [6, 6.07) is 10.8. The van der Waals surface area contributed by atoms with Crippen LogP contribution < -0.4 is 11.1 Å². The SMILES string of the molecule is Cc1cc(CNc2ccc(C#N)cc2N)cc(C)c1F. The molecule has 0 aliphatic rings. The van der Waals surface area contributed by atoms with Gasteiger partial charge in [0.2, 0.25) is 0 Å². The zero-order valence-electron chi connectivity index (χ0n) is 11.5. The molecule has 0 saturated heterocycles. The molecule has 0 heterocycles. The summed E-state index contributed by atoms with van der Waals surface area (Å²) >= 11 is 0. The van der Waals surface area contributed by atoms with Crippen molar-refractivity contribution in [1.29, 1.82) is 5.26 Å². The van der Waals surface area contributed by atoms with Gasteiger partial charge in [0.15, 0.2) is 0 Å². The van der Waals surface area contributed by atoms with E-state index in [9.17, 15) is 4.39 Å². The largest absolute Gasteiger partial charge is 0.397 e. The lowest BCUT2D eigenvalue weighted by Crippen LogP contribution is -2.04. The fraction of sp³-hybridized carbons (Fsp3) is 0.188. The molecule has 0 aromatic heterocycles. The average Bonchev–Trinajstić information content (AvgIpc) is 2.43. The van der Waals surface area contributed by atoms with Gasteiger partial charge >= 0.3 is 0 Å². The first-order valence-electron chi connectivity index (χ1n) is 6.30. The summed E-state index contributed by atoms with van der Waals surface area (Å²) in [5.41, 5.74) is 9.95. The molecule has 2 aromatic carbocycles. The third-order valence-corrected chi connectivity index (χ3v) is 3.16. The summed E-state index contributed by atoms with van der Waals surface area (Å²) < 4.78 is 13.6. The van der Waals surface area contributed by atoms with Crippen LogP contribution >= 0.6 is 0 Å². The monoisotopic (exact) mass is 269 g/mol. The Labute approximate surface area is 117 Å². The number of hydrogen-bond donors (Lipinski definition) is 2. The molecule has 0 fully saturated rings. The second-order valence-corrected chi connectivity index (χ2v) is 4.81. The van der Waals surface area contributed by atoms with Crippen molar-refractivity contribution in [1.82, 2.24) is 0 Å². The summed E-state index contributed by atoms with van der Waals surface area (Å²) in [6.07, 6.45) is 0. The maximum Gasteiger partial charge on any atom is 0.129 e. The molecule has 2 rings (SSSR count). The van der Waals surface area contributed by atoms with E-state index in [1.54, 1.807) is 32.0 Å². The van der Waals surface area contributed by atoms with Crippen molar-refractivity contribution in [2.45, 2.75) is 20.4 Å². The number of anilines is 2. The van der Waals surface area contributed by atoms with Crippen molar-refractivity contribution in [2.75, 3.05) is 11.1 Å². The molecule has 0 bridgehead atoms. The molecule has 20 heavy (non-hydrogen) atoms. The van der Waals surface area contributed by atoms with Gasteiger partial charge in [-0.3, -0.25) is 0 Å². The Morgan fingerprint density at radius 2 is 1.85 bits per heavy atom. The van der Waals surface area contributed by atoms with Crippen LogP contribution in [0.4, 0.5) is 15.8 Å². The van der Waals surface area contributed by atoms with Gasteiger partial charge in [-0.1, -0.05) is 12.1 Å². The molecule has 0 amide bonds. The minimum Gasteiger partial charge on any atom is -0.397 e. The number of nitrogen functional groups attached to an aromatic ring is 1. The molecular weight excluding hydrogens is 253 g/mol. The van der Waals surface area contributed by atoms with E-state index in [-0.39, 0.29) is 5.82 Å². The Bertz CT molecular complexity index is 664. The van der Waals surface area contributed by atoms with Crippen molar-refractivity contribution in [3.63, 3.8) is 0 Å². The first-order valence-corrected chi connectivity index (χ1v) is 6.30. The van der Waals surface area contributed by atoms with Gasteiger partial charge in [0, 0.05) is 6.54 Å². The van der Waals surface area contributed by atoms with Gasteiger partial charge in [-0.05, 0) is 48.7 Å². The highest BCUT2D eigenvalue weighted by Gasteiger charge is 2.05. The highest BCUT2D eigenvalue weighted by molar-refractivity contribution is 5.68. The molecule has 0 atom stereocenters. The van der Waals surface area contributed by atoms with Crippen LogP contribution in [0.1, 0.15) is 22.3 Å². The molecule has 0 saturated carbocycles. The maximum absolute atomic E-state index is 13.6. The second kappa shape index (κ2) is 5.62. The van der Waals surface area contributed by atoms with Crippen molar-refractivity contribution in [2.24, 2.45) is 0 Å². The standard InChI is InChI=1S/C16H16FN3/c1-10-5-13(6-11(2)16(10)17)9-20-15-4-3-12(8-18)7-14(15)19/h3-7,20H,9,19H2,1-2H3. The lowest BCUT2D eigenvalue weighted by atomic mass is 10.1. The van der Waals surface area contributed by atoms with E-state index < -0.39 is 0 Å². The topological polar surface area (TPSA) is 61.8 Å². The number of nitrogens with two attached hydrogens (primary N) is 1. The molecular formula is C16H16FN3. The Morgan fingerprint density at radius 1 is 1.20 bits per heavy atom. The predicted molar refractivity (Wildman–Crippen MR) is 78.8 cm³/mol. The Morgan fingerprint density at radius 3 is 2.40 bits per heavy atom. The van der Waals surface area contributed by atoms with E-state index >= 15 is 0 Å². The minimum absolute atomic E-state index is 0.161. The van der Waals surface area contributed by atoms with E-state index in [0.717, 1.165) is 11.3 Å². The number of benzene rings is 2. The number of hydrogen-bond acceptors (Lipinski definition) is 3. The highest BCUT2D eigenvalue weighted by atomic mass is 19.1.